The largest absolute Gasteiger partial charge is 0.392 e. The Bertz CT molecular complexity index is 531. The predicted octanol–water partition coefficient (Wildman–Crippen LogP) is 3.31. The summed E-state index contributed by atoms with van der Waals surface area (Å²) >= 11 is 0. The molecule has 1 aliphatic carbocycles. The van der Waals surface area contributed by atoms with Crippen LogP contribution in [0.2, 0.25) is 0 Å². The van der Waals surface area contributed by atoms with Gasteiger partial charge in [-0.2, -0.15) is 0 Å². The molecule has 1 unspecified atom stereocenters. The van der Waals surface area contributed by atoms with E-state index in [0.29, 0.717) is 5.92 Å². The maximum atomic E-state index is 10.4. The second kappa shape index (κ2) is 5.18. The smallest absolute Gasteiger partial charge is 0.0615 e. The lowest BCUT2D eigenvalue weighted by atomic mass is 9.93. The summed E-state index contributed by atoms with van der Waals surface area (Å²) in [5.41, 5.74) is 5.33. The van der Waals surface area contributed by atoms with Crippen LogP contribution in [0.4, 0.5) is 0 Å². The molecule has 0 saturated heterocycles. The van der Waals surface area contributed by atoms with E-state index >= 15 is 0 Å². The number of aliphatic hydroxyl groups is 1. The van der Waals surface area contributed by atoms with Gasteiger partial charge in [-0.15, -0.1) is 0 Å². The zero-order valence-electron chi connectivity index (χ0n) is 11.3. The Balaban J connectivity index is 1.66. The molecule has 0 spiro atoms. The molecule has 0 aliphatic heterocycles. The van der Waals surface area contributed by atoms with E-state index in [4.69, 9.17) is 0 Å². The van der Waals surface area contributed by atoms with Gasteiger partial charge in [-0.1, -0.05) is 54.1 Å². The molecule has 98 valence electrons. The maximum Gasteiger partial charge on any atom is 0.0615 e. The first-order chi connectivity index (χ1) is 9.22. The van der Waals surface area contributed by atoms with Gasteiger partial charge in [0.15, 0.2) is 0 Å². The molecule has 1 N–H and O–H groups in total. The molecule has 1 atom stereocenters. The third kappa shape index (κ3) is 2.71. The van der Waals surface area contributed by atoms with Crippen molar-refractivity contribution in [2.24, 2.45) is 5.92 Å². The highest BCUT2D eigenvalue weighted by Crippen LogP contribution is 2.29. The summed E-state index contributed by atoms with van der Waals surface area (Å²) < 4.78 is 0. The van der Waals surface area contributed by atoms with E-state index in [2.05, 4.69) is 55.5 Å². The van der Waals surface area contributed by atoms with Crippen LogP contribution in [-0.2, 0) is 19.3 Å². The summed E-state index contributed by atoms with van der Waals surface area (Å²) in [7, 11) is 0. The summed E-state index contributed by atoms with van der Waals surface area (Å²) in [4.78, 5) is 0. The molecular formula is C18H20O. The first kappa shape index (κ1) is 12.4. The van der Waals surface area contributed by atoms with E-state index in [1.807, 2.05) is 0 Å². The molecule has 0 amide bonds. The minimum Gasteiger partial charge on any atom is -0.392 e. The third-order valence-corrected chi connectivity index (χ3v) is 4.19. The Kier molecular flexibility index (Phi) is 3.39. The zero-order chi connectivity index (χ0) is 13.2. The van der Waals surface area contributed by atoms with Crippen LogP contribution in [0.15, 0.2) is 48.5 Å². The first-order valence-corrected chi connectivity index (χ1v) is 7.03. The fourth-order valence-electron chi connectivity index (χ4n) is 3.00. The van der Waals surface area contributed by atoms with Crippen molar-refractivity contribution in [1.29, 1.82) is 0 Å². The van der Waals surface area contributed by atoms with E-state index in [1.165, 1.54) is 22.3 Å². The predicted molar refractivity (Wildman–Crippen MR) is 78.2 cm³/mol. The number of aryl methyl sites for hydroxylation is 1. The Hall–Kier alpha value is -1.60. The van der Waals surface area contributed by atoms with Gasteiger partial charge in [0.1, 0.15) is 0 Å². The second-order valence-electron chi connectivity index (χ2n) is 5.69. The highest BCUT2D eigenvalue weighted by atomic mass is 16.3. The number of hydrogen-bond acceptors (Lipinski definition) is 1. The van der Waals surface area contributed by atoms with Crippen LogP contribution in [0, 0.1) is 12.8 Å². The number of benzene rings is 2. The topological polar surface area (TPSA) is 20.2 Å². The molecule has 0 bridgehead atoms. The van der Waals surface area contributed by atoms with Crippen molar-refractivity contribution in [3.8, 4) is 0 Å². The molecule has 0 saturated carbocycles. The van der Waals surface area contributed by atoms with Crippen LogP contribution in [0.3, 0.4) is 0 Å². The van der Waals surface area contributed by atoms with E-state index in [0.717, 1.165) is 19.3 Å². The van der Waals surface area contributed by atoms with Crippen molar-refractivity contribution in [3.05, 3.63) is 70.8 Å². The van der Waals surface area contributed by atoms with Crippen LogP contribution in [-0.4, -0.2) is 11.2 Å². The molecule has 19 heavy (non-hydrogen) atoms. The zero-order valence-corrected chi connectivity index (χ0v) is 11.3. The van der Waals surface area contributed by atoms with Crippen molar-refractivity contribution in [1.82, 2.24) is 0 Å². The van der Waals surface area contributed by atoms with Crippen LogP contribution in [0.25, 0.3) is 0 Å². The SMILES string of the molecule is Cc1ccc(CC(O)C2Cc3ccccc3C2)cc1. The van der Waals surface area contributed by atoms with Gasteiger partial charge in [0.05, 0.1) is 6.10 Å². The van der Waals surface area contributed by atoms with E-state index in [9.17, 15) is 5.11 Å². The molecule has 2 aromatic rings. The Morgan fingerprint density at radius 2 is 1.58 bits per heavy atom. The molecule has 3 rings (SSSR count). The van der Waals surface area contributed by atoms with Crippen LogP contribution in [0.5, 0.6) is 0 Å². The fraction of sp³-hybridized carbons (Fsp3) is 0.333. The molecular weight excluding hydrogens is 232 g/mol. The van der Waals surface area contributed by atoms with Gasteiger partial charge in [-0.05, 0) is 48.8 Å². The van der Waals surface area contributed by atoms with Crippen LogP contribution >= 0.6 is 0 Å². The van der Waals surface area contributed by atoms with Gasteiger partial charge in [0.25, 0.3) is 0 Å². The summed E-state index contributed by atoms with van der Waals surface area (Å²) in [5.74, 6) is 0.374. The van der Waals surface area contributed by atoms with Gasteiger partial charge >= 0.3 is 0 Å². The summed E-state index contributed by atoms with van der Waals surface area (Å²) in [6.07, 6.45) is 2.56. The monoisotopic (exact) mass is 252 g/mol. The Morgan fingerprint density at radius 1 is 1.00 bits per heavy atom. The minimum absolute atomic E-state index is 0.241. The number of hydrogen-bond donors (Lipinski definition) is 1. The average Bonchev–Trinajstić information content (AvgIpc) is 2.85. The molecule has 0 heterocycles. The first-order valence-electron chi connectivity index (χ1n) is 7.03. The van der Waals surface area contributed by atoms with E-state index in [-0.39, 0.29) is 6.10 Å². The molecule has 0 fully saturated rings. The Morgan fingerprint density at radius 3 is 2.16 bits per heavy atom. The van der Waals surface area contributed by atoms with Crippen molar-refractivity contribution >= 4 is 0 Å². The maximum absolute atomic E-state index is 10.4. The quantitative estimate of drug-likeness (QED) is 0.888. The molecule has 0 radical (unpaired) electrons. The average molecular weight is 252 g/mol. The number of aliphatic hydroxyl groups excluding tert-OH is 1. The lowest BCUT2D eigenvalue weighted by Crippen LogP contribution is -2.23. The van der Waals surface area contributed by atoms with Crippen molar-refractivity contribution < 1.29 is 5.11 Å². The summed E-state index contributed by atoms with van der Waals surface area (Å²) in [6.45, 7) is 2.09. The molecule has 1 aliphatic rings. The molecule has 2 aromatic carbocycles. The Labute approximate surface area is 114 Å². The van der Waals surface area contributed by atoms with E-state index < -0.39 is 0 Å². The lowest BCUT2D eigenvalue weighted by molar-refractivity contribution is 0.113. The highest BCUT2D eigenvalue weighted by Gasteiger charge is 2.27. The molecule has 1 heteroatoms. The van der Waals surface area contributed by atoms with Gasteiger partial charge < -0.3 is 5.11 Å². The van der Waals surface area contributed by atoms with Crippen LogP contribution < -0.4 is 0 Å². The van der Waals surface area contributed by atoms with Crippen molar-refractivity contribution in [2.75, 3.05) is 0 Å². The number of rotatable bonds is 3. The third-order valence-electron chi connectivity index (χ3n) is 4.19. The van der Waals surface area contributed by atoms with E-state index in [1.54, 1.807) is 0 Å². The minimum atomic E-state index is -0.241. The highest BCUT2D eigenvalue weighted by molar-refractivity contribution is 5.32. The molecule has 1 nitrogen and oxygen atoms in total. The summed E-state index contributed by atoms with van der Waals surface area (Å²) in [6, 6.07) is 17.0. The van der Waals surface area contributed by atoms with Crippen molar-refractivity contribution in [3.63, 3.8) is 0 Å². The van der Waals surface area contributed by atoms with Gasteiger partial charge in [0, 0.05) is 0 Å². The van der Waals surface area contributed by atoms with Crippen molar-refractivity contribution in [2.45, 2.75) is 32.3 Å². The lowest BCUT2D eigenvalue weighted by Gasteiger charge is -2.17. The second-order valence-corrected chi connectivity index (χ2v) is 5.69. The fourth-order valence-corrected chi connectivity index (χ4v) is 3.00. The van der Waals surface area contributed by atoms with Gasteiger partial charge in [0.2, 0.25) is 0 Å². The van der Waals surface area contributed by atoms with Crippen LogP contribution in [0.1, 0.15) is 22.3 Å². The normalized spacial score (nSPS) is 16.3. The van der Waals surface area contributed by atoms with Gasteiger partial charge in [-0.3, -0.25) is 0 Å². The summed E-state index contributed by atoms with van der Waals surface area (Å²) in [5, 5.41) is 10.4. The number of fused-ring (bicyclic) bond motifs is 1. The standard InChI is InChI=1S/C18H20O/c1-13-6-8-14(9-7-13)10-18(19)17-11-15-4-2-3-5-16(15)12-17/h2-9,17-19H,10-12H2,1H3. The molecule has 0 aromatic heterocycles. The van der Waals surface area contributed by atoms with Gasteiger partial charge in [-0.25, -0.2) is 0 Å².